The molecule has 2 atom stereocenters. The number of carbonyl (C=O) groups is 1. The fourth-order valence-corrected chi connectivity index (χ4v) is 4.18. The van der Waals surface area contributed by atoms with E-state index < -0.39 is 0 Å². The number of urea groups is 1. The van der Waals surface area contributed by atoms with Gasteiger partial charge in [-0.25, -0.2) is 4.79 Å². The summed E-state index contributed by atoms with van der Waals surface area (Å²) in [5.41, 5.74) is 2.54. The first-order valence-corrected chi connectivity index (χ1v) is 11.0. The Hall–Kier alpha value is -2.33. The van der Waals surface area contributed by atoms with Crippen LogP contribution in [0, 0.1) is 5.92 Å². The number of nitrogens with one attached hydrogen (secondary N) is 1. The van der Waals surface area contributed by atoms with Gasteiger partial charge in [0.15, 0.2) is 0 Å². The van der Waals surface area contributed by atoms with E-state index in [-0.39, 0.29) is 12.1 Å². The standard InChI is InChI=1S/C25H32N2O2/c28-25(27(23-14-15-23)18-21-16-17-29-19-21)26-24(22-11-5-2-6-12-22)13-7-10-20-8-3-1-4-9-20/h1-6,8-9,11-12,21,23-24H,7,10,13-19H2,(H,26,28). The highest BCUT2D eigenvalue weighted by Crippen LogP contribution is 2.30. The van der Waals surface area contributed by atoms with E-state index in [0.717, 1.165) is 58.3 Å². The maximum atomic E-state index is 13.2. The molecule has 0 radical (unpaired) electrons. The lowest BCUT2D eigenvalue weighted by Gasteiger charge is -2.28. The third-order valence-electron chi connectivity index (χ3n) is 6.03. The van der Waals surface area contributed by atoms with Crippen molar-refractivity contribution in [3.63, 3.8) is 0 Å². The highest BCUT2D eigenvalue weighted by molar-refractivity contribution is 5.75. The number of amides is 2. The molecule has 29 heavy (non-hydrogen) atoms. The summed E-state index contributed by atoms with van der Waals surface area (Å²) >= 11 is 0. The van der Waals surface area contributed by atoms with Crippen LogP contribution in [-0.4, -0.2) is 36.7 Å². The number of nitrogens with zero attached hydrogens (tertiary/aromatic N) is 1. The van der Waals surface area contributed by atoms with E-state index >= 15 is 0 Å². The van der Waals surface area contributed by atoms with Gasteiger partial charge in [-0.15, -0.1) is 0 Å². The first kappa shape index (κ1) is 20.0. The first-order chi connectivity index (χ1) is 14.3. The molecule has 4 nitrogen and oxygen atoms in total. The minimum absolute atomic E-state index is 0.0495. The molecule has 2 aliphatic rings. The van der Waals surface area contributed by atoms with Crippen molar-refractivity contribution in [1.29, 1.82) is 0 Å². The molecule has 0 spiro atoms. The molecule has 4 rings (SSSR count). The van der Waals surface area contributed by atoms with Gasteiger partial charge in [0.2, 0.25) is 0 Å². The maximum absolute atomic E-state index is 13.2. The Morgan fingerprint density at radius 1 is 1.03 bits per heavy atom. The van der Waals surface area contributed by atoms with Gasteiger partial charge in [0.05, 0.1) is 12.6 Å². The van der Waals surface area contributed by atoms with Crippen LogP contribution in [0.3, 0.4) is 0 Å². The molecule has 2 aromatic rings. The molecule has 1 aliphatic heterocycles. The van der Waals surface area contributed by atoms with Crippen molar-refractivity contribution in [1.82, 2.24) is 10.2 Å². The molecule has 1 heterocycles. The fraction of sp³-hybridized carbons (Fsp3) is 0.480. The van der Waals surface area contributed by atoms with Gasteiger partial charge < -0.3 is 15.0 Å². The second-order valence-corrected chi connectivity index (χ2v) is 8.40. The zero-order valence-corrected chi connectivity index (χ0v) is 17.1. The molecule has 1 saturated carbocycles. The lowest BCUT2D eigenvalue weighted by atomic mass is 9.99. The molecule has 2 fully saturated rings. The molecule has 1 N–H and O–H groups in total. The van der Waals surface area contributed by atoms with Gasteiger partial charge in [-0.2, -0.15) is 0 Å². The van der Waals surface area contributed by atoms with Gasteiger partial charge in [0, 0.05) is 25.1 Å². The first-order valence-electron chi connectivity index (χ1n) is 11.0. The Kier molecular flexibility index (Phi) is 6.83. The quantitative estimate of drug-likeness (QED) is 0.655. The number of aryl methyl sites for hydroxylation is 1. The second-order valence-electron chi connectivity index (χ2n) is 8.40. The van der Waals surface area contributed by atoms with Crippen LogP contribution in [0.15, 0.2) is 60.7 Å². The van der Waals surface area contributed by atoms with Crippen LogP contribution in [-0.2, 0) is 11.2 Å². The maximum Gasteiger partial charge on any atom is 0.318 e. The highest BCUT2D eigenvalue weighted by Gasteiger charge is 2.35. The van der Waals surface area contributed by atoms with Crippen molar-refractivity contribution in [3.05, 3.63) is 71.8 Å². The third kappa shape index (κ3) is 5.83. The smallest absolute Gasteiger partial charge is 0.318 e. The number of hydrogen-bond donors (Lipinski definition) is 1. The second kappa shape index (κ2) is 9.93. The van der Waals surface area contributed by atoms with E-state index in [1.54, 1.807) is 0 Å². The van der Waals surface area contributed by atoms with Gasteiger partial charge in [0.25, 0.3) is 0 Å². The van der Waals surface area contributed by atoms with Crippen LogP contribution >= 0.6 is 0 Å². The number of hydrogen-bond acceptors (Lipinski definition) is 2. The fourth-order valence-electron chi connectivity index (χ4n) is 4.18. The molecule has 154 valence electrons. The summed E-state index contributed by atoms with van der Waals surface area (Å²) in [6.45, 7) is 2.44. The molecule has 1 saturated heterocycles. The number of ether oxygens (including phenoxy) is 1. The average Bonchev–Trinajstić information content (AvgIpc) is 3.47. The van der Waals surface area contributed by atoms with Crippen LogP contribution in [0.2, 0.25) is 0 Å². The predicted octanol–water partition coefficient (Wildman–Crippen LogP) is 4.96. The summed E-state index contributed by atoms with van der Waals surface area (Å²) in [7, 11) is 0. The highest BCUT2D eigenvalue weighted by atomic mass is 16.5. The van der Waals surface area contributed by atoms with Crippen molar-refractivity contribution in [3.8, 4) is 0 Å². The van der Waals surface area contributed by atoms with Crippen LogP contribution < -0.4 is 5.32 Å². The van der Waals surface area contributed by atoms with Crippen molar-refractivity contribution in [2.24, 2.45) is 5.92 Å². The lowest BCUT2D eigenvalue weighted by molar-refractivity contribution is 0.160. The molecule has 0 aromatic heterocycles. The summed E-state index contributed by atoms with van der Waals surface area (Å²) < 4.78 is 5.53. The lowest BCUT2D eigenvalue weighted by Crippen LogP contribution is -2.45. The van der Waals surface area contributed by atoms with Crippen molar-refractivity contribution >= 4 is 6.03 Å². The van der Waals surface area contributed by atoms with E-state index in [1.165, 1.54) is 11.1 Å². The molecule has 2 amide bonds. The summed E-state index contributed by atoms with van der Waals surface area (Å²) in [6.07, 6.45) is 6.34. The molecule has 4 heteroatoms. The third-order valence-corrected chi connectivity index (χ3v) is 6.03. The van der Waals surface area contributed by atoms with Gasteiger partial charge in [-0.1, -0.05) is 60.7 Å². The Balaban J connectivity index is 1.39. The summed E-state index contributed by atoms with van der Waals surface area (Å²) in [5.74, 6) is 0.481. The van der Waals surface area contributed by atoms with E-state index in [9.17, 15) is 4.79 Å². The molecule has 1 aliphatic carbocycles. The normalized spacial score (nSPS) is 19.7. The molecular weight excluding hydrogens is 360 g/mol. The van der Waals surface area contributed by atoms with Crippen LogP contribution in [0.4, 0.5) is 4.79 Å². The molecule has 2 unspecified atom stereocenters. The molecular formula is C25H32N2O2. The van der Waals surface area contributed by atoms with E-state index in [2.05, 4.69) is 64.8 Å². The Morgan fingerprint density at radius 3 is 2.41 bits per heavy atom. The average molecular weight is 393 g/mol. The van der Waals surface area contributed by atoms with Gasteiger partial charge in [0.1, 0.15) is 0 Å². The number of carbonyl (C=O) groups excluding carboxylic acids is 1. The summed E-state index contributed by atoms with van der Waals surface area (Å²) in [6, 6.07) is 21.5. The minimum atomic E-state index is 0.0495. The van der Waals surface area contributed by atoms with E-state index in [1.807, 2.05) is 6.07 Å². The topological polar surface area (TPSA) is 41.6 Å². The Morgan fingerprint density at radius 2 is 1.76 bits per heavy atom. The monoisotopic (exact) mass is 392 g/mol. The van der Waals surface area contributed by atoms with Crippen molar-refractivity contribution in [2.75, 3.05) is 19.8 Å². The van der Waals surface area contributed by atoms with Crippen molar-refractivity contribution in [2.45, 2.75) is 50.6 Å². The zero-order valence-electron chi connectivity index (χ0n) is 17.1. The molecule has 2 aromatic carbocycles. The van der Waals surface area contributed by atoms with Gasteiger partial charge >= 0.3 is 6.03 Å². The summed E-state index contributed by atoms with van der Waals surface area (Å²) in [4.78, 5) is 15.3. The van der Waals surface area contributed by atoms with Crippen molar-refractivity contribution < 1.29 is 9.53 Å². The van der Waals surface area contributed by atoms with Crippen LogP contribution in [0.25, 0.3) is 0 Å². The van der Waals surface area contributed by atoms with Gasteiger partial charge in [-0.05, 0) is 49.7 Å². The van der Waals surface area contributed by atoms with E-state index in [0.29, 0.717) is 12.0 Å². The number of benzene rings is 2. The largest absolute Gasteiger partial charge is 0.381 e. The molecule has 0 bridgehead atoms. The van der Waals surface area contributed by atoms with Crippen LogP contribution in [0.5, 0.6) is 0 Å². The predicted molar refractivity (Wildman–Crippen MR) is 116 cm³/mol. The number of rotatable bonds is 9. The summed E-state index contributed by atoms with van der Waals surface area (Å²) in [5, 5.41) is 3.36. The SMILES string of the molecule is O=C(NC(CCCc1ccccc1)c1ccccc1)N(CC1CCOC1)C1CC1. The van der Waals surface area contributed by atoms with Gasteiger partial charge in [-0.3, -0.25) is 0 Å². The van der Waals surface area contributed by atoms with Crippen LogP contribution in [0.1, 0.15) is 49.3 Å². The Bertz CT molecular complexity index is 755. The minimum Gasteiger partial charge on any atom is -0.381 e. The zero-order chi connectivity index (χ0) is 19.9. The Labute approximate surface area is 174 Å². The van der Waals surface area contributed by atoms with E-state index in [4.69, 9.17) is 4.74 Å².